The van der Waals surface area contributed by atoms with Gasteiger partial charge in [-0.15, -0.1) is 0 Å². The quantitative estimate of drug-likeness (QED) is 0.635. The minimum Gasteiger partial charge on any atom is -0.448 e. The Kier molecular flexibility index (Phi) is 5.43. The van der Waals surface area contributed by atoms with Crippen molar-refractivity contribution in [2.45, 2.75) is 19.5 Å². The van der Waals surface area contributed by atoms with Crippen LogP contribution in [0.1, 0.15) is 18.3 Å². The molecule has 12 heteroatoms. The number of H-pyrrole nitrogens is 1. The Morgan fingerprint density at radius 1 is 0.966 bits per heavy atom. The minimum atomic E-state index is -4.77. The van der Waals surface area contributed by atoms with Crippen molar-refractivity contribution in [1.29, 1.82) is 0 Å². The van der Waals surface area contributed by atoms with Gasteiger partial charge in [-0.25, -0.2) is 23.7 Å². The van der Waals surface area contributed by atoms with Gasteiger partial charge in [0.05, 0.1) is 12.4 Å². The monoisotopic (exact) mass is 414 g/mol. The maximum absolute atomic E-state index is 14.2. The molecule has 0 amide bonds. The van der Waals surface area contributed by atoms with E-state index in [0.29, 0.717) is 24.4 Å². The van der Waals surface area contributed by atoms with Gasteiger partial charge in [-0.1, -0.05) is 6.92 Å². The van der Waals surface area contributed by atoms with Crippen LogP contribution >= 0.6 is 0 Å². The van der Waals surface area contributed by atoms with Crippen LogP contribution in [0.25, 0.3) is 0 Å². The third-order valence-corrected chi connectivity index (χ3v) is 3.52. The lowest BCUT2D eigenvalue weighted by molar-refractivity contribution is -0.145. The summed E-state index contributed by atoms with van der Waals surface area (Å²) in [6, 6.07) is 1.21. The molecule has 3 rings (SSSR count). The Labute approximate surface area is 159 Å². The van der Waals surface area contributed by atoms with Crippen molar-refractivity contribution >= 4 is 0 Å². The summed E-state index contributed by atoms with van der Waals surface area (Å²) < 4.78 is 75.7. The number of aryl methyl sites for hydroxylation is 1. The van der Waals surface area contributed by atoms with Gasteiger partial charge in [-0.2, -0.15) is 13.2 Å². The molecule has 0 saturated carbocycles. The van der Waals surface area contributed by atoms with Gasteiger partial charge in [-0.3, -0.25) is 9.78 Å². The third kappa shape index (κ3) is 4.65. The average molecular weight is 414 g/mol. The normalized spacial score (nSPS) is 11.4. The fraction of sp³-hybridized carbons (Fsp3) is 0.176. The summed E-state index contributed by atoms with van der Waals surface area (Å²) >= 11 is 0. The largest absolute Gasteiger partial charge is 0.451 e. The van der Waals surface area contributed by atoms with Crippen LogP contribution in [-0.4, -0.2) is 19.9 Å². The van der Waals surface area contributed by atoms with Crippen LogP contribution < -0.4 is 15.0 Å². The molecule has 29 heavy (non-hydrogen) atoms. The van der Waals surface area contributed by atoms with Crippen LogP contribution in [0.3, 0.4) is 0 Å². The maximum Gasteiger partial charge on any atom is 0.451 e. The summed E-state index contributed by atoms with van der Waals surface area (Å²) in [4.78, 5) is 23.9. The van der Waals surface area contributed by atoms with Crippen LogP contribution in [0, 0.1) is 11.6 Å². The van der Waals surface area contributed by atoms with E-state index in [1.807, 2.05) is 0 Å². The van der Waals surface area contributed by atoms with Crippen molar-refractivity contribution in [3.8, 4) is 23.3 Å². The van der Waals surface area contributed by atoms with Gasteiger partial charge in [0, 0.05) is 23.9 Å². The molecule has 0 aliphatic carbocycles. The zero-order valence-electron chi connectivity index (χ0n) is 14.6. The molecule has 0 unspecified atom stereocenters. The van der Waals surface area contributed by atoms with Crippen molar-refractivity contribution in [2.75, 3.05) is 0 Å². The van der Waals surface area contributed by atoms with Gasteiger partial charge < -0.3 is 9.47 Å². The maximum atomic E-state index is 14.2. The molecule has 0 aliphatic heterocycles. The van der Waals surface area contributed by atoms with Crippen molar-refractivity contribution in [2.24, 2.45) is 0 Å². The number of ether oxygens (including phenoxy) is 2. The van der Waals surface area contributed by atoms with Crippen LogP contribution in [0.4, 0.5) is 22.0 Å². The van der Waals surface area contributed by atoms with Gasteiger partial charge in [0.15, 0.2) is 23.1 Å². The molecular formula is C17H11F5N4O3. The number of aromatic nitrogens is 4. The summed E-state index contributed by atoms with van der Waals surface area (Å²) in [7, 11) is 0. The van der Waals surface area contributed by atoms with E-state index in [0.717, 1.165) is 12.1 Å². The zero-order valence-corrected chi connectivity index (χ0v) is 14.6. The average Bonchev–Trinajstić information content (AvgIpc) is 2.64. The van der Waals surface area contributed by atoms with Crippen molar-refractivity contribution in [3.05, 3.63) is 64.1 Å². The smallest absolute Gasteiger partial charge is 0.448 e. The van der Waals surface area contributed by atoms with E-state index in [1.165, 1.54) is 6.20 Å². The highest BCUT2D eigenvalue weighted by atomic mass is 19.4. The Bertz CT molecular complexity index is 1060. The number of alkyl halides is 3. The Morgan fingerprint density at radius 3 is 2.10 bits per heavy atom. The SMILES string of the molecule is CCc1cnc(Oc2cc(F)c(Oc3cnc(C(F)(F)F)nc3)c(F)c2)[nH]c1=O. The van der Waals surface area contributed by atoms with Crippen molar-refractivity contribution < 1.29 is 31.4 Å². The van der Waals surface area contributed by atoms with E-state index in [2.05, 4.69) is 19.9 Å². The Morgan fingerprint density at radius 2 is 1.59 bits per heavy atom. The number of aromatic amines is 1. The van der Waals surface area contributed by atoms with Crippen molar-refractivity contribution in [3.63, 3.8) is 0 Å². The lowest BCUT2D eigenvalue weighted by Gasteiger charge is -2.11. The van der Waals surface area contributed by atoms with E-state index in [4.69, 9.17) is 9.47 Å². The summed E-state index contributed by atoms with van der Waals surface area (Å²) in [6.45, 7) is 1.75. The summed E-state index contributed by atoms with van der Waals surface area (Å²) in [5, 5.41) is 0. The van der Waals surface area contributed by atoms with E-state index >= 15 is 0 Å². The molecule has 0 radical (unpaired) electrons. The number of nitrogens with one attached hydrogen (secondary N) is 1. The predicted molar refractivity (Wildman–Crippen MR) is 87.8 cm³/mol. The fourth-order valence-electron chi connectivity index (χ4n) is 2.15. The van der Waals surface area contributed by atoms with Gasteiger partial charge >= 0.3 is 12.2 Å². The molecule has 152 valence electrons. The molecule has 1 aromatic carbocycles. The molecule has 2 heterocycles. The van der Waals surface area contributed by atoms with E-state index < -0.39 is 40.7 Å². The molecule has 0 atom stereocenters. The van der Waals surface area contributed by atoms with Gasteiger partial charge in [0.2, 0.25) is 5.82 Å². The second-order valence-corrected chi connectivity index (χ2v) is 5.56. The number of hydrogen-bond donors (Lipinski definition) is 1. The van der Waals surface area contributed by atoms with E-state index in [1.54, 1.807) is 6.92 Å². The highest BCUT2D eigenvalue weighted by Crippen LogP contribution is 2.32. The van der Waals surface area contributed by atoms with Gasteiger partial charge in [0.25, 0.3) is 5.56 Å². The van der Waals surface area contributed by atoms with Gasteiger partial charge in [0.1, 0.15) is 5.75 Å². The second kappa shape index (κ2) is 7.81. The highest BCUT2D eigenvalue weighted by molar-refractivity contribution is 5.38. The number of benzene rings is 1. The molecule has 0 saturated heterocycles. The number of hydrogen-bond acceptors (Lipinski definition) is 6. The number of nitrogens with zero attached hydrogens (tertiary/aromatic N) is 3. The number of halogens is 5. The first-order valence-corrected chi connectivity index (χ1v) is 7.99. The molecule has 3 aromatic rings. The lowest BCUT2D eigenvalue weighted by atomic mass is 10.3. The van der Waals surface area contributed by atoms with Crippen molar-refractivity contribution in [1.82, 2.24) is 19.9 Å². The molecule has 1 N–H and O–H groups in total. The fourth-order valence-corrected chi connectivity index (χ4v) is 2.15. The van der Waals surface area contributed by atoms with Crippen LogP contribution in [-0.2, 0) is 12.6 Å². The van der Waals surface area contributed by atoms with Gasteiger partial charge in [-0.05, 0) is 6.42 Å². The topological polar surface area (TPSA) is 90.0 Å². The molecular weight excluding hydrogens is 403 g/mol. The highest BCUT2D eigenvalue weighted by Gasteiger charge is 2.34. The standard InChI is InChI=1S/C17H11F5N4O3/c1-2-8-5-25-16(26-14(8)27)29-9-3-11(18)13(12(19)4-9)28-10-6-23-15(24-7-10)17(20,21)22/h3-7H,2H2,1H3,(H,25,26,27). The minimum absolute atomic E-state index is 0.282. The van der Waals surface area contributed by atoms with E-state index in [-0.39, 0.29) is 11.8 Å². The summed E-state index contributed by atoms with van der Waals surface area (Å²) in [6.07, 6.45) is -1.81. The molecule has 7 nitrogen and oxygen atoms in total. The molecule has 0 bridgehead atoms. The zero-order chi connectivity index (χ0) is 21.2. The third-order valence-electron chi connectivity index (χ3n) is 3.52. The molecule has 2 aromatic heterocycles. The first-order valence-electron chi connectivity index (χ1n) is 7.99. The molecule has 0 fully saturated rings. The molecule has 0 spiro atoms. The first kappa shape index (κ1) is 20.2. The van der Waals surface area contributed by atoms with E-state index in [9.17, 15) is 26.7 Å². The predicted octanol–water partition coefficient (Wildman–Crippen LogP) is 4.00. The summed E-state index contributed by atoms with van der Waals surface area (Å²) in [5.41, 5.74) is -0.0575. The Hall–Kier alpha value is -3.57. The molecule has 0 aliphatic rings. The second-order valence-electron chi connectivity index (χ2n) is 5.56. The first-order chi connectivity index (χ1) is 13.7. The number of rotatable bonds is 5. The lowest BCUT2D eigenvalue weighted by Crippen LogP contribution is -2.13. The summed E-state index contributed by atoms with van der Waals surface area (Å²) in [5.74, 6) is -5.50. The van der Waals surface area contributed by atoms with Crippen LogP contribution in [0.5, 0.6) is 23.3 Å². The van der Waals surface area contributed by atoms with Crippen LogP contribution in [0.2, 0.25) is 0 Å². The van der Waals surface area contributed by atoms with Crippen LogP contribution in [0.15, 0.2) is 35.5 Å². The Balaban J connectivity index is 1.80.